The number of amides is 1. The lowest BCUT2D eigenvalue weighted by molar-refractivity contribution is -0.145. The first-order valence-electron chi connectivity index (χ1n) is 6.77. The molecule has 1 amide bonds. The molecule has 1 heterocycles. The minimum atomic E-state index is -1.21. The van der Waals surface area contributed by atoms with Crippen LogP contribution in [0.3, 0.4) is 0 Å². The molecule has 0 spiro atoms. The smallest absolute Gasteiger partial charge is 0.316 e. The number of aryl methyl sites for hydroxylation is 1. The maximum Gasteiger partial charge on any atom is 0.316 e. The van der Waals surface area contributed by atoms with Gasteiger partial charge in [-0.25, -0.2) is 0 Å². The van der Waals surface area contributed by atoms with Crippen molar-refractivity contribution in [2.75, 3.05) is 23.4 Å². The Morgan fingerprint density at radius 1 is 1.50 bits per heavy atom. The number of thioether (sulfide) groups is 1. The van der Waals surface area contributed by atoms with Gasteiger partial charge >= 0.3 is 5.97 Å². The van der Waals surface area contributed by atoms with Gasteiger partial charge < -0.3 is 20.0 Å². The summed E-state index contributed by atoms with van der Waals surface area (Å²) in [6.45, 7) is 2.45. The van der Waals surface area contributed by atoms with Gasteiger partial charge in [0.05, 0.1) is 17.6 Å². The number of aromatic nitrogens is 1. The number of ketones is 1. The Bertz CT molecular complexity index is 679. The van der Waals surface area contributed by atoms with E-state index in [1.54, 1.807) is 19.1 Å². The molecule has 0 saturated carbocycles. The normalized spacial score (nSPS) is 11.2. The first-order valence-corrected chi connectivity index (χ1v) is 7.93. The second-order valence-electron chi connectivity index (χ2n) is 4.74. The van der Waals surface area contributed by atoms with Crippen molar-refractivity contribution in [1.29, 1.82) is 10.7 Å². The van der Waals surface area contributed by atoms with Gasteiger partial charge in [-0.2, -0.15) is 5.26 Å². The topological polar surface area (TPSA) is 146 Å². The predicted molar refractivity (Wildman–Crippen MR) is 85.7 cm³/mol. The number of hydrogen-bond donors (Lipinski definition) is 2. The first-order chi connectivity index (χ1) is 11.3. The molecule has 9 nitrogen and oxygen atoms in total. The van der Waals surface area contributed by atoms with Gasteiger partial charge in [-0.1, -0.05) is 5.16 Å². The van der Waals surface area contributed by atoms with E-state index in [-0.39, 0.29) is 28.9 Å². The number of rotatable bonds is 9. The zero-order valence-electron chi connectivity index (χ0n) is 13.1. The molecule has 0 aliphatic rings. The number of ether oxygens (including phenoxy) is 1. The first kappa shape index (κ1) is 19.4. The summed E-state index contributed by atoms with van der Waals surface area (Å²) in [5, 5.41) is 22.1. The summed E-state index contributed by atoms with van der Waals surface area (Å²) in [5.74, 6) is -2.18. The van der Waals surface area contributed by atoms with Crippen LogP contribution in [0, 0.1) is 29.6 Å². The van der Waals surface area contributed by atoms with Crippen molar-refractivity contribution in [3.8, 4) is 6.07 Å². The van der Waals surface area contributed by atoms with E-state index in [1.165, 1.54) is 6.92 Å². The van der Waals surface area contributed by atoms with Gasteiger partial charge in [0.2, 0.25) is 5.91 Å². The number of nitriles is 1. The van der Waals surface area contributed by atoms with Crippen LogP contribution in [0.2, 0.25) is 0 Å². The van der Waals surface area contributed by atoms with Crippen LogP contribution in [-0.2, 0) is 19.1 Å². The van der Waals surface area contributed by atoms with Crippen molar-refractivity contribution in [2.45, 2.75) is 13.8 Å². The van der Waals surface area contributed by atoms with Crippen molar-refractivity contribution in [3.63, 3.8) is 0 Å². The zero-order valence-corrected chi connectivity index (χ0v) is 13.9. The Kier molecular flexibility index (Phi) is 7.64. The summed E-state index contributed by atoms with van der Waals surface area (Å²) >= 11 is 1.00. The molecule has 0 fully saturated rings. The maximum absolute atomic E-state index is 11.6. The van der Waals surface area contributed by atoms with Gasteiger partial charge in [0.1, 0.15) is 11.7 Å². The van der Waals surface area contributed by atoms with Crippen molar-refractivity contribution in [3.05, 3.63) is 11.8 Å². The minimum absolute atomic E-state index is 0.00458. The van der Waals surface area contributed by atoms with E-state index in [9.17, 15) is 14.4 Å². The van der Waals surface area contributed by atoms with Crippen molar-refractivity contribution < 1.29 is 23.6 Å². The van der Waals surface area contributed by atoms with Crippen LogP contribution >= 0.6 is 11.8 Å². The Balaban J connectivity index is 2.24. The summed E-state index contributed by atoms with van der Waals surface area (Å²) in [6, 6.07) is 3.23. The molecule has 0 aromatic carbocycles. The lowest BCUT2D eigenvalue weighted by Gasteiger charge is -2.07. The highest BCUT2D eigenvalue weighted by atomic mass is 32.2. The number of anilines is 1. The van der Waals surface area contributed by atoms with Crippen LogP contribution in [0.5, 0.6) is 0 Å². The van der Waals surface area contributed by atoms with Crippen LogP contribution < -0.4 is 5.32 Å². The number of hydrogen-bond acceptors (Lipinski definition) is 9. The average Bonchev–Trinajstić information content (AvgIpc) is 2.90. The number of carbonyl (C=O) groups excluding carboxylic acids is 3. The third-order valence-electron chi connectivity index (χ3n) is 2.61. The fraction of sp³-hybridized carbons (Fsp3) is 0.429. The minimum Gasteiger partial charge on any atom is -0.457 e. The molecule has 128 valence electrons. The summed E-state index contributed by atoms with van der Waals surface area (Å²) in [5.41, 5.74) is -0.104. The summed E-state index contributed by atoms with van der Waals surface area (Å²) in [7, 11) is 0. The fourth-order valence-corrected chi connectivity index (χ4v) is 2.13. The second-order valence-corrected chi connectivity index (χ2v) is 5.72. The average molecular weight is 352 g/mol. The maximum atomic E-state index is 11.6. The third kappa shape index (κ3) is 6.62. The molecular weight excluding hydrogens is 336 g/mol. The van der Waals surface area contributed by atoms with Crippen molar-refractivity contribution >= 4 is 41.0 Å². The number of nitrogens with zero attached hydrogens (tertiary/aromatic N) is 2. The standard InChI is InChI=1S/C14H16N4O5S/c1-8-3-12(18-23-8)17-13(20)6-24-7-14(21)22-5-11(19)10(4-15)9(2)16/h3,10,16H,5-7H2,1-2H3,(H,17,18,20)/t10-/m0/s1. The molecule has 1 aromatic rings. The van der Waals surface area contributed by atoms with E-state index in [4.69, 9.17) is 19.9 Å². The zero-order chi connectivity index (χ0) is 18.1. The molecule has 1 aromatic heterocycles. The molecular formula is C14H16N4O5S. The molecule has 10 heteroatoms. The molecule has 0 bridgehead atoms. The second kappa shape index (κ2) is 9.46. The number of carbonyl (C=O) groups is 3. The van der Waals surface area contributed by atoms with Gasteiger partial charge in [0, 0.05) is 11.8 Å². The Labute approximate surface area is 142 Å². The van der Waals surface area contributed by atoms with Gasteiger partial charge in [-0.15, -0.1) is 11.8 Å². The molecule has 2 N–H and O–H groups in total. The fourth-order valence-electron chi connectivity index (χ4n) is 1.52. The van der Waals surface area contributed by atoms with Gasteiger partial charge in [-0.05, 0) is 13.8 Å². The summed E-state index contributed by atoms with van der Waals surface area (Å²) in [6.07, 6.45) is 0. The van der Waals surface area contributed by atoms with Crippen LogP contribution in [0.1, 0.15) is 12.7 Å². The third-order valence-corrected chi connectivity index (χ3v) is 3.51. The van der Waals surface area contributed by atoms with E-state index in [0.717, 1.165) is 11.8 Å². The molecule has 1 atom stereocenters. The van der Waals surface area contributed by atoms with Crippen LogP contribution in [0.15, 0.2) is 10.6 Å². The van der Waals surface area contributed by atoms with E-state index in [1.807, 2.05) is 0 Å². The highest BCUT2D eigenvalue weighted by molar-refractivity contribution is 8.00. The van der Waals surface area contributed by atoms with Gasteiger partial charge in [-0.3, -0.25) is 14.4 Å². The molecule has 0 radical (unpaired) electrons. The molecule has 1 rings (SSSR count). The monoisotopic (exact) mass is 352 g/mol. The molecule has 0 saturated heterocycles. The SMILES string of the molecule is CC(=N)[C@H](C#N)C(=O)COC(=O)CSCC(=O)Nc1cc(C)on1. The Hall–Kier alpha value is -2.67. The van der Waals surface area contributed by atoms with Crippen molar-refractivity contribution in [2.24, 2.45) is 5.92 Å². The van der Waals surface area contributed by atoms with Gasteiger partial charge in [0.25, 0.3) is 0 Å². The quantitative estimate of drug-likeness (QED) is 0.493. The summed E-state index contributed by atoms with van der Waals surface area (Å²) < 4.78 is 9.52. The highest BCUT2D eigenvalue weighted by Crippen LogP contribution is 2.09. The van der Waals surface area contributed by atoms with Crippen LogP contribution in [0.25, 0.3) is 0 Å². The molecule has 0 aliphatic heterocycles. The Morgan fingerprint density at radius 2 is 2.21 bits per heavy atom. The number of Topliss-reactive ketones (excluding diaryl/α,β-unsaturated/α-hetero) is 1. The van der Waals surface area contributed by atoms with E-state index in [0.29, 0.717) is 5.76 Å². The molecule has 24 heavy (non-hydrogen) atoms. The Morgan fingerprint density at radius 3 is 2.75 bits per heavy atom. The van der Waals surface area contributed by atoms with E-state index in [2.05, 4.69) is 10.5 Å². The largest absolute Gasteiger partial charge is 0.457 e. The van der Waals surface area contributed by atoms with E-state index >= 15 is 0 Å². The van der Waals surface area contributed by atoms with Crippen molar-refractivity contribution in [1.82, 2.24) is 5.16 Å². The molecule has 0 aliphatic carbocycles. The van der Waals surface area contributed by atoms with Crippen LogP contribution in [-0.4, -0.2) is 46.6 Å². The predicted octanol–water partition coefficient (Wildman–Crippen LogP) is 0.946. The lowest BCUT2D eigenvalue weighted by atomic mass is 10.0. The van der Waals surface area contributed by atoms with Gasteiger partial charge in [0.15, 0.2) is 18.2 Å². The van der Waals surface area contributed by atoms with Crippen LogP contribution in [0.4, 0.5) is 5.82 Å². The number of nitrogens with one attached hydrogen (secondary N) is 2. The van der Waals surface area contributed by atoms with E-state index < -0.39 is 24.3 Å². The summed E-state index contributed by atoms with van der Waals surface area (Å²) in [4.78, 5) is 34.7. The number of esters is 1. The lowest BCUT2D eigenvalue weighted by Crippen LogP contribution is -2.26. The highest BCUT2D eigenvalue weighted by Gasteiger charge is 2.21. The molecule has 0 unspecified atom stereocenters.